The lowest BCUT2D eigenvalue weighted by Gasteiger charge is -2.35. The number of hydrogen-bond donors (Lipinski definition) is 2. The summed E-state index contributed by atoms with van der Waals surface area (Å²) in [7, 11) is 0. The molecule has 1 heterocycles. The van der Waals surface area contributed by atoms with Crippen LogP contribution in [0.25, 0.3) is 0 Å². The van der Waals surface area contributed by atoms with Crippen LogP contribution in [0.5, 0.6) is 0 Å². The van der Waals surface area contributed by atoms with E-state index in [1.54, 1.807) is 12.1 Å². The lowest BCUT2D eigenvalue weighted by Crippen LogP contribution is -2.51. The van der Waals surface area contributed by atoms with Gasteiger partial charge in [-0.05, 0) is 49.4 Å². The van der Waals surface area contributed by atoms with Crippen LogP contribution in [0.2, 0.25) is 0 Å². The van der Waals surface area contributed by atoms with Crippen LogP contribution < -0.4 is 10.6 Å². The summed E-state index contributed by atoms with van der Waals surface area (Å²) < 4.78 is 13.0. The van der Waals surface area contributed by atoms with Gasteiger partial charge in [-0.1, -0.05) is 42.5 Å². The summed E-state index contributed by atoms with van der Waals surface area (Å²) in [5.41, 5.74) is 2.04. The molecule has 160 valence electrons. The molecule has 3 rings (SSSR count). The number of rotatable bonds is 8. The fourth-order valence-electron chi connectivity index (χ4n) is 3.74. The Morgan fingerprint density at radius 1 is 1.03 bits per heavy atom. The number of nitrogens with one attached hydrogen (secondary N) is 2. The van der Waals surface area contributed by atoms with E-state index in [0.717, 1.165) is 37.9 Å². The van der Waals surface area contributed by atoms with Gasteiger partial charge in [0.15, 0.2) is 0 Å². The van der Waals surface area contributed by atoms with Gasteiger partial charge in [0.25, 0.3) is 0 Å². The largest absolute Gasteiger partial charge is 0.353 e. The van der Waals surface area contributed by atoms with Gasteiger partial charge in [0, 0.05) is 32.1 Å². The fourth-order valence-corrected chi connectivity index (χ4v) is 3.74. The molecule has 1 aliphatic heterocycles. The molecule has 5 nitrogen and oxygen atoms in total. The van der Waals surface area contributed by atoms with Crippen LogP contribution in [0.4, 0.5) is 4.39 Å². The third-order valence-corrected chi connectivity index (χ3v) is 5.69. The zero-order valence-corrected chi connectivity index (χ0v) is 17.4. The molecule has 0 saturated carbocycles. The topological polar surface area (TPSA) is 61.4 Å². The van der Waals surface area contributed by atoms with Crippen molar-refractivity contribution in [3.63, 3.8) is 0 Å². The van der Waals surface area contributed by atoms with Gasteiger partial charge in [0.2, 0.25) is 11.8 Å². The zero-order chi connectivity index (χ0) is 21.3. The average molecular weight is 412 g/mol. The van der Waals surface area contributed by atoms with Crippen molar-refractivity contribution in [2.45, 2.75) is 51.2 Å². The lowest BCUT2D eigenvalue weighted by molar-refractivity contribution is -0.127. The number of likely N-dealkylation sites (tertiary alicyclic amines) is 1. The van der Waals surface area contributed by atoms with Gasteiger partial charge in [0.1, 0.15) is 5.82 Å². The summed E-state index contributed by atoms with van der Waals surface area (Å²) in [5, 5.41) is 6.05. The summed E-state index contributed by atoms with van der Waals surface area (Å²) in [6, 6.07) is 16.1. The first-order valence-electron chi connectivity index (χ1n) is 10.6. The van der Waals surface area contributed by atoms with Gasteiger partial charge >= 0.3 is 0 Å². The quantitative estimate of drug-likeness (QED) is 0.702. The van der Waals surface area contributed by atoms with Crippen molar-refractivity contribution < 1.29 is 14.0 Å². The smallest absolute Gasteiger partial charge is 0.237 e. The van der Waals surface area contributed by atoms with Gasteiger partial charge < -0.3 is 10.6 Å². The van der Waals surface area contributed by atoms with E-state index in [9.17, 15) is 14.0 Å². The molecule has 1 fully saturated rings. The van der Waals surface area contributed by atoms with Crippen LogP contribution in [-0.4, -0.2) is 41.9 Å². The Balaban J connectivity index is 1.36. The summed E-state index contributed by atoms with van der Waals surface area (Å²) in [5.74, 6) is -0.236. The Hall–Kier alpha value is -2.73. The SMILES string of the molecule is CC(C(=O)NCc1ccc(F)cc1)N1CCC(NC(=O)CCc2ccccc2)CC1. The highest BCUT2D eigenvalue weighted by Gasteiger charge is 2.27. The van der Waals surface area contributed by atoms with Gasteiger partial charge in [0.05, 0.1) is 6.04 Å². The van der Waals surface area contributed by atoms with E-state index in [1.165, 1.54) is 17.7 Å². The second-order valence-electron chi connectivity index (χ2n) is 7.88. The highest BCUT2D eigenvalue weighted by Crippen LogP contribution is 2.14. The van der Waals surface area contributed by atoms with E-state index in [0.29, 0.717) is 13.0 Å². The first kappa shape index (κ1) is 22.0. The van der Waals surface area contributed by atoms with Crippen LogP contribution in [0.1, 0.15) is 37.3 Å². The minimum Gasteiger partial charge on any atom is -0.353 e. The maximum Gasteiger partial charge on any atom is 0.237 e. The van der Waals surface area contributed by atoms with Crippen molar-refractivity contribution in [3.05, 3.63) is 71.5 Å². The summed E-state index contributed by atoms with van der Waals surface area (Å²) in [6.07, 6.45) is 2.92. The number of nitrogens with zero attached hydrogens (tertiary/aromatic N) is 1. The molecule has 2 aromatic rings. The van der Waals surface area contributed by atoms with Crippen LogP contribution in [0.3, 0.4) is 0 Å². The van der Waals surface area contributed by atoms with E-state index in [2.05, 4.69) is 15.5 Å². The van der Waals surface area contributed by atoms with Crippen molar-refractivity contribution in [2.75, 3.05) is 13.1 Å². The number of amides is 2. The number of carbonyl (C=O) groups is 2. The first-order chi connectivity index (χ1) is 14.5. The van der Waals surface area contributed by atoms with Crippen LogP contribution in [-0.2, 0) is 22.6 Å². The molecule has 30 heavy (non-hydrogen) atoms. The van der Waals surface area contributed by atoms with Crippen molar-refractivity contribution in [1.82, 2.24) is 15.5 Å². The molecular formula is C24H30FN3O2. The van der Waals surface area contributed by atoms with E-state index < -0.39 is 0 Å². The lowest BCUT2D eigenvalue weighted by atomic mass is 10.0. The molecule has 2 aromatic carbocycles. The molecule has 6 heteroatoms. The van der Waals surface area contributed by atoms with E-state index in [-0.39, 0.29) is 29.7 Å². The summed E-state index contributed by atoms with van der Waals surface area (Å²) >= 11 is 0. The molecule has 1 atom stereocenters. The molecule has 2 amide bonds. The molecular weight excluding hydrogens is 381 g/mol. The van der Waals surface area contributed by atoms with Gasteiger partial charge in [-0.2, -0.15) is 0 Å². The molecule has 0 bridgehead atoms. The Labute approximate surface area is 177 Å². The third-order valence-electron chi connectivity index (χ3n) is 5.69. The summed E-state index contributed by atoms with van der Waals surface area (Å²) in [6.45, 7) is 3.83. The Morgan fingerprint density at radius 2 is 1.70 bits per heavy atom. The van der Waals surface area contributed by atoms with Gasteiger partial charge in [-0.25, -0.2) is 4.39 Å². The van der Waals surface area contributed by atoms with Crippen LogP contribution >= 0.6 is 0 Å². The van der Waals surface area contributed by atoms with Crippen molar-refractivity contribution in [1.29, 1.82) is 0 Å². The highest BCUT2D eigenvalue weighted by atomic mass is 19.1. The second-order valence-corrected chi connectivity index (χ2v) is 7.88. The van der Waals surface area contributed by atoms with E-state index in [1.807, 2.05) is 37.3 Å². The maximum atomic E-state index is 13.0. The van der Waals surface area contributed by atoms with Crippen molar-refractivity contribution >= 4 is 11.8 Å². The number of aryl methyl sites for hydroxylation is 1. The standard InChI is InChI=1S/C24H30FN3O2/c1-18(24(30)26-17-20-7-10-21(25)11-8-20)28-15-13-22(14-16-28)27-23(29)12-9-19-5-3-2-4-6-19/h2-8,10-11,18,22H,9,12-17H2,1H3,(H,26,30)(H,27,29). The fraction of sp³-hybridized carbons (Fsp3) is 0.417. The highest BCUT2D eigenvalue weighted by molar-refractivity contribution is 5.81. The Morgan fingerprint density at radius 3 is 2.37 bits per heavy atom. The molecule has 2 N–H and O–H groups in total. The number of benzene rings is 2. The zero-order valence-electron chi connectivity index (χ0n) is 17.4. The average Bonchev–Trinajstić information content (AvgIpc) is 2.78. The minimum atomic E-state index is -0.284. The predicted octanol–water partition coefficient (Wildman–Crippen LogP) is 3.04. The first-order valence-corrected chi connectivity index (χ1v) is 10.6. The summed E-state index contributed by atoms with van der Waals surface area (Å²) in [4.78, 5) is 26.8. The van der Waals surface area contributed by atoms with Crippen LogP contribution in [0.15, 0.2) is 54.6 Å². The minimum absolute atomic E-state index is 0.0373. The maximum absolute atomic E-state index is 13.0. The Bertz CT molecular complexity index is 818. The second kappa shape index (κ2) is 10.9. The number of hydrogen-bond acceptors (Lipinski definition) is 3. The van der Waals surface area contributed by atoms with Gasteiger partial charge in [-0.3, -0.25) is 14.5 Å². The monoisotopic (exact) mass is 411 g/mol. The van der Waals surface area contributed by atoms with Gasteiger partial charge in [-0.15, -0.1) is 0 Å². The molecule has 0 aromatic heterocycles. The molecule has 1 saturated heterocycles. The van der Waals surface area contributed by atoms with E-state index in [4.69, 9.17) is 0 Å². The number of carbonyl (C=O) groups excluding carboxylic acids is 2. The molecule has 0 radical (unpaired) electrons. The van der Waals surface area contributed by atoms with Crippen molar-refractivity contribution in [3.8, 4) is 0 Å². The van der Waals surface area contributed by atoms with Crippen molar-refractivity contribution in [2.24, 2.45) is 0 Å². The molecule has 0 spiro atoms. The number of piperidine rings is 1. The third kappa shape index (κ3) is 6.66. The molecule has 1 unspecified atom stereocenters. The predicted molar refractivity (Wildman–Crippen MR) is 115 cm³/mol. The number of halogens is 1. The Kier molecular flexibility index (Phi) is 7.97. The van der Waals surface area contributed by atoms with Crippen LogP contribution in [0, 0.1) is 5.82 Å². The molecule has 1 aliphatic rings. The van der Waals surface area contributed by atoms with E-state index >= 15 is 0 Å². The molecule has 0 aliphatic carbocycles. The normalized spacial score (nSPS) is 16.1.